The summed E-state index contributed by atoms with van der Waals surface area (Å²) in [4.78, 5) is 17.4. The van der Waals surface area contributed by atoms with Gasteiger partial charge < -0.3 is 4.74 Å². The first-order valence-corrected chi connectivity index (χ1v) is 14.6. The fraction of sp³-hybridized carbons (Fsp3) is 0.529. The van der Waals surface area contributed by atoms with Gasteiger partial charge >= 0.3 is 5.97 Å². The number of hydrogen-bond donors (Lipinski definition) is 0. The summed E-state index contributed by atoms with van der Waals surface area (Å²) in [6.07, 6.45) is 23.2. The molecule has 0 spiro atoms. The lowest BCUT2D eigenvalue weighted by molar-refractivity contribution is -0.139. The van der Waals surface area contributed by atoms with Crippen LogP contribution in [-0.2, 0) is 11.2 Å². The standard InChI is InChI=1S/C34H47NO2/c1-4-5-6-7-8-9-10-11-14-29-18-25-33(35-26-29)30-21-23-32(24-22-30)37-34(36)31-19-16-28(17-20-31)15-12-13-27(2)3/h13,16,18,21-26,31H,4-12,14-15,17,19-20H2,1-3H3. The largest absolute Gasteiger partial charge is 0.426 e. The second kappa shape index (κ2) is 16.2. The molecule has 2 aromatic rings. The molecule has 1 aliphatic rings. The first-order chi connectivity index (χ1) is 18.0. The second-order valence-electron chi connectivity index (χ2n) is 10.9. The zero-order valence-electron chi connectivity index (χ0n) is 23.4. The fourth-order valence-electron chi connectivity index (χ4n) is 4.98. The summed E-state index contributed by atoms with van der Waals surface area (Å²) in [7, 11) is 0. The number of rotatable bonds is 15. The summed E-state index contributed by atoms with van der Waals surface area (Å²) < 4.78 is 5.70. The SMILES string of the molecule is CCCCCCCCCCc1ccc(-c2ccc(OC(=O)C3CC=C(CCC=C(C)C)CC3)cc2)nc1. The van der Waals surface area contributed by atoms with Crippen LogP contribution in [0, 0.1) is 5.92 Å². The summed E-state index contributed by atoms with van der Waals surface area (Å²) in [5, 5.41) is 0. The molecule has 3 heteroatoms. The number of aromatic nitrogens is 1. The highest BCUT2D eigenvalue weighted by Crippen LogP contribution is 2.29. The number of benzene rings is 1. The third-order valence-corrected chi connectivity index (χ3v) is 7.37. The number of esters is 1. The van der Waals surface area contributed by atoms with E-state index >= 15 is 0 Å². The van der Waals surface area contributed by atoms with E-state index in [0.29, 0.717) is 5.75 Å². The number of pyridine rings is 1. The molecular weight excluding hydrogens is 454 g/mol. The van der Waals surface area contributed by atoms with Crippen molar-refractivity contribution in [3.05, 3.63) is 71.5 Å². The van der Waals surface area contributed by atoms with Gasteiger partial charge in [0.2, 0.25) is 0 Å². The van der Waals surface area contributed by atoms with Crippen molar-refractivity contribution in [2.45, 2.75) is 111 Å². The van der Waals surface area contributed by atoms with Crippen LogP contribution in [0.25, 0.3) is 11.3 Å². The minimum absolute atomic E-state index is 0.0397. The van der Waals surface area contributed by atoms with E-state index in [-0.39, 0.29) is 11.9 Å². The Morgan fingerprint density at radius 3 is 2.30 bits per heavy atom. The van der Waals surface area contributed by atoms with E-state index < -0.39 is 0 Å². The number of carbonyl (C=O) groups excluding carboxylic acids is 1. The Bertz CT molecular complexity index is 997. The Morgan fingerprint density at radius 2 is 1.68 bits per heavy atom. The molecule has 37 heavy (non-hydrogen) atoms. The number of ether oxygens (including phenoxy) is 1. The molecule has 3 nitrogen and oxygen atoms in total. The average molecular weight is 502 g/mol. The van der Waals surface area contributed by atoms with Gasteiger partial charge in [-0.2, -0.15) is 0 Å². The van der Waals surface area contributed by atoms with Crippen molar-refractivity contribution in [3.63, 3.8) is 0 Å². The summed E-state index contributed by atoms with van der Waals surface area (Å²) in [6.45, 7) is 6.54. The van der Waals surface area contributed by atoms with Crippen LogP contribution >= 0.6 is 0 Å². The molecule has 0 saturated carbocycles. The molecule has 1 aliphatic carbocycles. The molecule has 0 aliphatic heterocycles. The molecule has 1 unspecified atom stereocenters. The van der Waals surface area contributed by atoms with Gasteiger partial charge in [0.1, 0.15) is 5.75 Å². The van der Waals surface area contributed by atoms with Crippen LogP contribution in [0.3, 0.4) is 0 Å². The van der Waals surface area contributed by atoms with Crippen LogP contribution in [-0.4, -0.2) is 11.0 Å². The molecule has 0 fully saturated rings. The van der Waals surface area contributed by atoms with Gasteiger partial charge in [-0.15, -0.1) is 0 Å². The highest BCUT2D eigenvalue weighted by atomic mass is 16.5. The van der Waals surface area contributed by atoms with Crippen LogP contribution in [0.4, 0.5) is 0 Å². The summed E-state index contributed by atoms with van der Waals surface area (Å²) in [5.74, 6) is 0.455. The van der Waals surface area contributed by atoms with Crippen LogP contribution in [0.1, 0.15) is 110 Å². The van der Waals surface area contributed by atoms with Crippen molar-refractivity contribution >= 4 is 5.97 Å². The van der Waals surface area contributed by atoms with Crippen LogP contribution in [0.5, 0.6) is 5.75 Å². The first-order valence-electron chi connectivity index (χ1n) is 14.6. The third-order valence-electron chi connectivity index (χ3n) is 7.37. The lowest BCUT2D eigenvalue weighted by atomic mass is 9.88. The van der Waals surface area contributed by atoms with Crippen LogP contribution in [0.2, 0.25) is 0 Å². The zero-order chi connectivity index (χ0) is 26.3. The molecule has 200 valence electrons. The summed E-state index contributed by atoms with van der Waals surface area (Å²) in [5.41, 5.74) is 6.14. The molecule has 1 aromatic heterocycles. The molecule has 1 aromatic carbocycles. The normalized spacial score (nSPS) is 15.2. The molecule has 0 bridgehead atoms. The lowest BCUT2D eigenvalue weighted by Crippen LogP contribution is -2.22. The van der Waals surface area contributed by atoms with Gasteiger partial charge in [0, 0.05) is 11.8 Å². The molecule has 3 rings (SSSR count). The van der Waals surface area contributed by atoms with E-state index in [9.17, 15) is 4.79 Å². The van der Waals surface area contributed by atoms with Gasteiger partial charge in [0.05, 0.1) is 11.6 Å². The van der Waals surface area contributed by atoms with Gasteiger partial charge in [-0.3, -0.25) is 9.78 Å². The predicted octanol–water partition coefficient (Wildman–Crippen LogP) is 9.81. The van der Waals surface area contributed by atoms with Crippen molar-refractivity contribution in [1.82, 2.24) is 4.98 Å². The van der Waals surface area contributed by atoms with Crippen LogP contribution < -0.4 is 4.74 Å². The van der Waals surface area contributed by atoms with Crippen molar-refractivity contribution in [2.24, 2.45) is 5.92 Å². The average Bonchev–Trinajstić information content (AvgIpc) is 2.91. The van der Waals surface area contributed by atoms with E-state index in [0.717, 1.165) is 49.8 Å². The number of hydrogen-bond acceptors (Lipinski definition) is 3. The van der Waals surface area contributed by atoms with Crippen molar-refractivity contribution in [1.29, 1.82) is 0 Å². The molecule has 1 heterocycles. The Labute approximate surface area is 225 Å². The van der Waals surface area contributed by atoms with Crippen molar-refractivity contribution < 1.29 is 9.53 Å². The maximum absolute atomic E-state index is 12.7. The van der Waals surface area contributed by atoms with Crippen molar-refractivity contribution in [2.75, 3.05) is 0 Å². The highest BCUT2D eigenvalue weighted by Gasteiger charge is 2.23. The molecule has 0 saturated heterocycles. The summed E-state index contributed by atoms with van der Waals surface area (Å²) >= 11 is 0. The van der Waals surface area contributed by atoms with Gasteiger partial charge in [0.15, 0.2) is 0 Å². The first kappa shape index (κ1) is 28.9. The topological polar surface area (TPSA) is 39.2 Å². The predicted molar refractivity (Wildman–Crippen MR) is 156 cm³/mol. The lowest BCUT2D eigenvalue weighted by Gasteiger charge is -2.20. The molecule has 1 atom stereocenters. The monoisotopic (exact) mass is 501 g/mol. The smallest absolute Gasteiger partial charge is 0.314 e. The van der Waals surface area contributed by atoms with Gasteiger partial charge in [-0.25, -0.2) is 0 Å². The maximum Gasteiger partial charge on any atom is 0.314 e. The second-order valence-corrected chi connectivity index (χ2v) is 10.9. The Kier molecular flexibility index (Phi) is 12.7. The Balaban J connectivity index is 1.39. The minimum Gasteiger partial charge on any atom is -0.426 e. The van der Waals surface area contributed by atoms with Gasteiger partial charge in [0.25, 0.3) is 0 Å². The van der Waals surface area contributed by atoms with E-state index in [1.54, 1.807) is 0 Å². The van der Waals surface area contributed by atoms with Crippen LogP contribution in [0.15, 0.2) is 65.9 Å². The Hall–Kier alpha value is -2.68. The maximum atomic E-state index is 12.7. The molecular formula is C34H47NO2. The van der Waals surface area contributed by atoms with E-state index in [4.69, 9.17) is 4.74 Å². The molecule has 0 amide bonds. The number of unbranched alkanes of at least 4 members (excludes halogenated alkanes) is 7. The van der Waals surface area contributed by atoms with E-state index in [1.165, 1.54) is 68.1 Å². The van der Waals surface area contributed by atoms with E-state index in [1.807, 2.05) is 30.5 Å². The number of carbonyl (C=O) groups is 1. The van der Waals surface area contributed by atoms with Crippen molar-refractivity contribution in [3.8, 4) is 17.0 Å². The van der Waals surface area contributed by atoms with Gasteiger partial charge in [-0.05, 0) is 94.7 Å². The summed E-state index contributed by atoms with van der Waals surface area (Å²) in [6, 6.07) is 12.0. The minimum atomic E-state index is -0.115. The van der Waals surface area contributed by atoms with Gasteiger partial charge in [-0.1, -0.05) is 81.2 Å². The fourth-order valence-corrected chi connectivity index (χ4v) is 4.98. The number of nitrogens with zero attached hydrogens (tertiary/aromatic N) is 1. The molecule has 0 N–H and O–H groups in total. The van der Waals surface area contributed by atoms with E-state index in [2.05, 4.69) is 50.0 Å². The highest BCUT2D eigenvalue weighted by molar-refractivity contribution is 5.76. The zero-order valence-corrected chi connectivity index (χ0v) is 23.4. The third kappa shape index (κ3) is 10.7. The quantitative estimate of drug-likeness (QED) is 0.105. The Morgan fingerprint density at radius 1 is 0.946 bits per heavy atom. The number of allylic oxidation sites excluding steroid dienone is 4. The molecule has 0 radical (unpaired) electrons. The number of aryl methyl sites for hydroxylation is 1.